The lowest BCUT2D eigenvalue weighted by molar-refractivity contribution is -0.352. The summed E-state index contributed by atoms with van der Waals surface area (Å²) in [7, 11) is -3.49. The van der Waals surface area contributed by atoms with Gasteiger partial charge in [-0.05, 0) is 100 Å². The molecule has 0 aromatic carbocycles. The Hall–Kier alpha value is -0.150. The standard InChI is InChI=1S/C37H63NO5S2/c1-33(2,3)27-17-20-36(21-18-27)25-35(6,42-43-36)24-32(39)44-31-23-28-19-22-37(31,34(28,4)5)26-45(40,41)38(29-13-9-7-10-14-29)30-15-11-8-12-16-30/h27-31H,7-26H2,1-6H3/t27?,28-,31-,35-,36?,37-/m1/s1. The van der Waals surface area contributed by atoms with Gasteiger partial charge in [-0.15, -0.1) is 0 Å². The second-order valence-corrected chi connectivity index (χ2v) is 21.4. The summed E-state index contributed by atoms with van der Waals surface area (Å²) in [5, 5.41) is 0.179. The van der Waals surface area contributed by atoms with Crippen LogP contribution in [0.3, 0.4) is 0 Å². The molecule has 1 saturated heterocycles. The maximum absolute atomic E-state index is 14.8. The van der Waals surface area contributed by atoms with Crippen molar-refractivity contribution in [1.29, 1.82) is 0 Å². The molecule has 6 rings (SSSR count). The van der Waals surface area contributed by atoms with Gasteiger partial charge in [0, 0.05) is 35.6 Å². The zero-order chi connectivity index (χ0) is 32.3. The average Bonchev–Trinajstić information content (AvgIpc) is 3.48. The number of carbonyl (C=O) groups excluding carboxylic acids is 1. The van der Waals surface area contributed by atoms with E-state index in [-0.39, 0.29) is 44.6 Å². The molecule has 0 N–H and O–H groups in total. The lowest BCUT2D eigenvalue weighted by Gasteiger charge is -2.46. The van der Waals surface area contributed by atoms with Crippen molar-refractivity contribution in [3.05, 3.63) is 0 Å². The summed E-state index contributed by atoms with van der Waals surface area (Å²) in [5.74, 6) is 1.37. The molecule has 6 aliphatic rings. The van der Waals surface area contributed by atoms with Crippen LogP contribution in [0.15, 0.2) is 0 Å². The van der Waals surface area contributed by atoms with Gasteiger partial charge < -0.3 is 0 Å². The number of thioether (sulfide) groups is 1. The van der Waals surface area contributed by atoms with Crippen molar-refractivity contribution >= 4 is 26.9 Å². The van der Waals surface area contributed by atoms with E-state index in [2.05, 4.69) is 38.9 Å². The predicted octanol–water partition coefficient (Wildman–Crippen LogP) is 9.21. The molecule has 4 atom stereocenters. The van der Waals surface area contributed by atoms with Crippen LogP contribution in [0.2, 0.25) is 0 Å². The van der Waals surface area contributed by atoms with Crippen molar-refractivity contribution in [1.82, 2.24) is 4.31 Å². The molecule has 2 bridgehead atoms. The first-order valence-corrected chi connectivity index (χ1v) is 21.1. The smallest absolute Gasteiger partial charge is 0.215 e. The minimum atomic E-state index is -3.49. The van der Waals surface area contributed by atoms with Crippen LogP contribution in [0, 0.1) is 28.1 Å². The highest BCUT2D eigenvalue weighted by Crippen LogP contribution is 2.69. The number of carbonyl (C=O) groups is 1. The molecule has 0 radical (unpaired) electrons. The van der Waals surface area contributed by atoms with Crippen molar-refractivity contribution in [2.45, 2.75) is 192 Å². The van der Waals surface area contributed by atoms with Gasteiger partial charge in [-0.3, -0.25) is 4.79 Å². The van der Waals surface area contributed by atoms with Gasteiger partial charge in [-0.25, -0.2) is 18.2 Å². The quantitative estimate of drug-likeness (QED) is 0.241. The molecular formula is C37H63NO5S2. The lowest BCUT2D eigenvalue weighted by atomic mass is 9.66. The second kappa shape index (κ2) is 12.6. The monoisotopic (exact) mass is 665 g/mol. The van der Waals surface area contributed by atoms with Crippen molar-refractivity contribution in [2.24, 2.45) is 28.1 Å². The van der Waals surface area contributed by atoms with E-state index in [1.807, 2.05) is 6.92 Å². The first-order valence-electron chi connectivity index (χ1n) is 18.7. The van der Waals surface area contributed by atoms with Crippen LogP contribution in [0.5, 0.6) is 0 Å². The van der Waals surface area contributed by atoms with Crippen LogP contribution in [0.25, 0.3) is 0 Å². The van der Waals surface area contributed by atoms with E-state index < -0.39 is 15.6 Å². The highest BCUT2D eigenvalue weighted by Gasteiger charge is 2.66. The van der Waals surface area contributed by atoms with Gasteiger partial charge in [0.1, 0.15) is 11.2 Å². The molecule has 0 unspecified atom stereocenters. The molecule has 1 heterocycles. The molecule has 6 nitrogen and oxygen atoms in total. The fourth-order valence-electron chi connectivity index (χ4n) is 11.1. The van der Waals surface area contributed by atoms with E-state index in [0.717, 1.165) is 103 Å². The molecule has 258 valence electrons. The lowest BCUT2D eigenvalue weighted by Crippen LogP contribution is -2.54. The summed E-state index contributed by atoms with van der Waals surface area (Å²) in [5.41, 5.74) is -1.07. The van der Waals surface area contributed by atoms with Crippen LogP contribution >= 0.6 is 11.8 Å². The second-order valence-electron chi connectivity index (χ2n) is 18.3. The van der Waals surface area contributed by atoms with Crippen molar-refractivity contribution in [2.75, 3.05) is 5.75 Å². The summed E-state index contributed by atoms with van der Waals surface area (Å²) in [6.45, 7) is 13.7. The summed E-state index contributed by atoms with van der Waals surface area (Å²) in [6.07, 6.45) is 19.3. The Balaban J connectivity index is 1.16. The molecule has 1 aliphatic heterocycles. The fourth-order valence-corrected chi connectivity index (χ4v) is 15.8. The summed E-state index contributed by atoms with van der Waals surface area (Å²) >= 11 is 1.46. The van der Waals surface area contributed by atoms with Gasteiger partial charge in [0.25, 0.3) is 0 Å². The highest BCUT2D eigenvalue weighted by molar-refractivity contribution is 8.14. The minimum Gasteiger partial charge on any atom is -0.287 e. The van der Waals surface area contributed by atoms with E-state index in [1.165, 1.54) is 24.6 Å². The van der Waals surface area contributed by atoms with Gasteiger partial charge in [-0.1, -0.05) is 84.9 Å². The number of fused-ring (bicyclic) bond motifs is 2. The van der Waals surface area contributed by atoms with Crippen molar-refractivity contribution in [3.63, 3.8) is 0 Å². The van der Waals surface area contributed by atoms with Crippen LogP contribution in [0.1, 0.15) is 164 Å². The molecule has 0 aromatic rings. The Morgan fingerprint density at radius 3 is 1.93 bits per heavy atom. The van der Waals surface area contributed by atoms with Gasteiger partial charge >= 0.3 is 0 Å². The normalized spacial score (nSPS) is 36.3. The molecule has 0 aromatic heterocycles. The maximum Gasteiger partial charge on any atom is 0.215 e. The number of hydrogen-bond donors (Lipinski definition) is 0. The Morgan fingerprint density at radius 1 is 0.822 bits per heavy atom. The van der Waals surface area contributed by atoms with E-state index >= 15 is 0 Å². The SMILES string of the molecule is CC(C)(C)C1CCC2(CC1)C[C@@](C)(CC(=O)S[C@@H]1C[C@H]3CC[C@]1(CS(=O)(=O)N(C1CCCCC1)C1CCCCC1)C3(C)C)OO2. The zero-order valence-electron chi connectivity index (χ0n) is 29.3. The summed E-state index contributed by atoms with van der Waals surface area (Å²) < 4.78 is 31.6. The Morgan fingerprint density at radius 2 is 1.40 bits per heavy atom. The Kier molecular flexibility index (Phi) is 9.74. The number of hydrogen-bond acceptors (Lipinski definition) is 6. The van der Waals surface area contributed by atoms with E-state index in [1.54, 1.807) is 0 Å². The van der Waals surface area contributed by atoms with E-state index in [0.29, 0.717) is 23.7 Å². The summed E-state index contributed by atoms with van der Waals surface area (Å²) in [4.78, 5) is 26.0. The van der Waals surface area contributed by atoms with E-state index in [9.17, 15) is 13.2 Å². The predicted molar refractivity (Wildman–Crippen MR) is 183 cm³/mol. The first kappa shape index (κ1) is 34.7. The molecule has 8 heteroatoms. The van der Waals surface area contributed by atoms with Gasteiger partial charge in [-0.2, -0.15) is 4.31 Å². The molecule has 5 aliphatic carbocycles. The highest BCUT2D eigenvalue weighted by atomic mass is 32.2. The van der Waals surface area contributed by atoms with Crippen LogP contribution in [-0.4, -0.2) is 52.1 Å². The molecule has 1 spiro atoms. The fraction of sp³-hybridized carbons (Fsp3) is 0.973. The largest absolute Gasteiger partial charge is 0.287 e. The third-order valence-corrected chi connectivity index (χ3v) is 17.5. The van der Waals surface area contributed by atoms with Crippen molar-refractivity contribution in [3.8, 4) is 0 Å². The number of rotatable bonds is 8. The topological polar surface area (TPSA) is 72.9 Å². The molecule has 5 saturated carbocycles. The third kappa shape index (κ3) is 6.73. The average molecular weight is 666 g/mol. The Bertz CT molecular complexity index is 1160. The van der Waals surface area contributed by atoms with Gasteiger partial charge in [0.05, 0.1) is 5.75 Å². The van der Waals surface area contributed by atoms with Gasteiger partial charge in [0.2, 0.25) is 10.0 Å². The molecule has 0 amide bonds. The minimum absolute atomic E-state index is 0.0372. The van der Waals surface area contributed by atoms with Crippen LogP contribution in [0.4, 0.5) is 0 Å². The zero-order valence-corrected chi connectivity index (χ0v) is 31.0. The molecule has 45 heavy (non-hydrogen) atoms. The van der Waals surface area contributed by atoms with E-state index in [4.69, 9.17) is 9.78 Å². The maximum atomic E-state index is 14.8. The van der Waals surface area contributed by atoms with Crippen molar-refractivity contribution < 1.29 is 23.0 Å². The van der Waals surface area contributed by atoms with Crippen LogP contribution in [-0.2, 0) is 24.6 Å². The number of nitrogens with zero attached hydrogens (tertiary/aromatic N) is 1. The van der Waals surface area contributed by atoms with Crippen LogP contribution < -0.4 is 0 Å². The third-order valence-electron chi connectivity index (χ3n) is 14.0. The first-order chi connectivity index (χ1) is 21.1. The molecular weight excluding hydrogens is 603 g/mol. The number of sulfonamides is 1. The van der Waals surface area contributed by atoms with Gasteiger partial charge in [0.15, 0.2) is 5.12 Å². The Labute approximate surface area is 279 Å². The summed E-state index contributed by atoms with van der Waals surface area (Å²) in [6, 6.07) is 0.311. The molecule has 6 fully saturated rings.